The number of nitrogens with one attached hydrogen (secondary N) is 2. The second-order valence-corrected chi connectivity index (χ2v) is 6.23. The fraction of sp³-hybridized carbons (Fsp3) is 0.350. The van der Waals surface area contributed by atoms with Crippen molar-refractivity contribution < 1.29 is 19.4 Å². The van der Waals surface area contributed by atoms with Crippen LogP contribution in [0.2, 0.25) is 0 Å². The van der Waals surface area contributed by atoms with Crippen LogP contribution < -0.4 is 20.1 Å². The molecule has 0 saturated heterocycles. The van der Waals surface area contributed by atoms with Gasteiger partial charge in [-0.3, -0.25) is 4.79 Å². The number of carbonyl (C=O) groups is 1. The highest BCUT2D eigenvalue weighted by Gasteiger charge is 2.08. The van der Waals surface area contributed by atoms with Crippen molar-refractivity contribution in [2.75, 3.05) is 25.6 Å². The summed E-state index contributed by atoms with van der Waals surface area (Å²) in [5, 5.41) is 15.8. The molecule has 6 nitrogen and oxygen atoms in total. The number of hydrogen-bond donors (Lipinski definition) is 3. The number of amides is 1. The Morgan fingerprint density at radius 3 is 2.23 bits per heavy atom. The van der Waals surface area contributed by atoms with Crippen molar-refractivity contribution in [2.45, 2.75) is 26.0 Å². The van der Waals surface area contributed by atoms with E-state index in [2.05, 4.69) is 10.6 Å². The first-order chi connectivity index (χ1) is 12.5. The summed E-state index contributed by atoms with van der Waals surface area (Å²) < 4.78 is 10.6. The zero-order valence-electron chi connectivity index (χ0n) is 15.4. The lowest BCUT2D eigenvalue weighted by Crippen LogP contribution is -2.35. The van der Waals surface area contributed by atoms with Gasteiger partial charge in [0.1, 0.15) is 24.2 Å². The first-order valence-corrected chi connectivity index (χ1v) is 8.57. The molecule has 0 spiro atoms. The number of aliphatic hydroxyl groups excluding tert-OH is 1. The molecule has 1 amide bonds. The predicted octanol–water partition coefficient (Wildman–Crippen LogP) is 2.69. The zero-order chi connectivity index (χ0) is 18.9. The highest BCUT2D eigenvalue weighted by atomic mass is 16.5. The molecule has 0 bridgehead atoms. The van der Waals surface area contributed by atoms with Crippen molar-refractivity contribution >= 4 is 11.6 Å². The predicted molar refractivity (Wildman–Crippen MR) is 102 cm³/mol. The summed E-state index contributed by atoms with van der Waals surface area (Å²) in [6.07, 6.45) is -0.577. The normalized spacial score (nSPS) is 11.9. The Bertz CT molecular complexity index is 684. The summed E-state index contributed by atoms with van der Waals surface area (Å²) in [5.74, 6) is 1.14. The fourth-order valence-corrected chi connectivity index (χ4v) is 2.20. The van der Waals surface area contributed by atoms with Crippen LogP contribution >= 0.6 is 0 Å². The van der Waals surface area contributed by atoms with Crippen molar-refractivity contribution in [3.05, 3.63) is 54.1 Å². The van der Waals surface area contributed by atoms with Crippen molar-refractivity contribution in [3.63, 3.8) is 0 Å². The van der Waals surface area contributed by atoms with Gasteiger partial charge in [-0.25, -0.2) is 0 Å². The lowest BCUT2D eigenvalue weighted by Gasteiger charge is -2.15. The van der Waals surface area contributed by atoms with E-state index in [0.29, 0.717) is 35.3 Å². The summed E-state index contributed by atoms with van der Waals surface area (Å²) in [6.45, 7) is 4.73. The molecule has 0 heterocycles. The van der Waals surface area contributed by atoms with Crippen LogP contribution in [0.25, 0.3) is 0 Å². The third-order valence-corrected chi connectivity index (χ3v) is 3.67. The minimum absolute atomic E-state index is 0.198. The molecule has 0 fully saturated rings. The monoisotopic (exact) mass is 358 g/mol. The van der Waals surface area contributed by atoms with Gasteiger partial charge in [0.05, 0.1) is 7.11 Å². The smallest absolute Gasteiger partial charge is 0.255 e. The number of methoxy groups -OCH3 is 1. The van der Waals surface area contributed by atoms with E-state index < -0.39 is 6.10 Å². The van der Waals surface area contributed by atoms with E-state index in [9.17, 15) is 9.90 Å². The molecule has 3 N–H and O–H groups in total. The lowest BCUT2D eigenvalue weighted by atomic mass is 10.2. The van der Waals surface area contributed by atoms with Gasteiger partial charge in [-0.15, -0.1) is 0 Å². The maximum absolute atomic E-state index is 12.2. The highest BCUT2D eigenvalue weighted by molar-refractivity contribution is 6.04. The molecule has 0 unspecified atom stereocenters. The second kappa shape index (κ2) is 9.79. The summed E-state index contributed by atoms with van der Waals surface area (Å²) in [6, 6.07) is 14.2. The molecule has 140 valence electrons. The molecule has 2 aromatic rings. The van der Waals surface area contributed by atoms with Crippen LogP contribution in [0.1, 0.15) is 24.2 Å². The van der Waals surface area contributed by atoms with E-state index in [0.717, 1.165) is 0 Å². The fourth-order valence-electron chi connectivity index (χ4n) is 2.20. The van der Waals surface area contributed by atoms with Gasteiger partial charge in [-0.05, 0) is 48.5 Å². The van der Waals surface area contributed by atoms with E-state index in [4.69, 9.17) is 9.47 Å². The Kier molecular flexibility index (Phi) is 7.44. The maximum Gasteiger partial charge on any atom is 0.255 e. The summed E-state index contributed by atoms with van der Waals surface area (Å²) in [7, 11) is 1.58. The van der Waals surface area contributed by atoms with Gasteiger partial charge in [0, 0.05) is 23.8 Å². The lowest BCUT2D eigenvalue weighted by molar-refractivity contribution is 0.102. The third kappa shape index (κ3) is 6.38. The van der Waals surface area contributed by atoms with Gasteiger partial charge in [0.2, 0.25) is 0 Å². The molecule has 2 rings (SSSR count). The van der Waals surface area contributed by atoms with Crippen LogP contribution in [0.15, 0.2) is 48.5 Å². The number of hydrogen-bond acceptors (Lipinski definition) is 5. The molecular weight excluding hydrogens is 332 g/mol. The van der Waals surface area contributed by atoms with Crippen LogP contribution in [0.4, 0.5) is 5.69 Å². The molecule has 0 aliphatic carbocycles. The zero-order valence-corrected chi connectivity index (χ0v) is 15.4. The largest absolute Gasteiger partial charge is 0.497 e. The minimum Gasteiger partial charge on any atom is -0.497 e. The van der Waals surface area contributed by atoms with E-state index in [-0.39, 0.29) is 12.5 Å². The Morgan fingerprint density at radius 1 is 1.04 bits per heavy atom. The molecule has 26 heavy (non-hydrogen) atoms. The van der Waals surface area contributed by atoms with Crippen LogP contribution in [-0.2, 0) is 0 Å². The standard InChI is InChI=1S/C20H26N2O4/c1-14(2)21-12-17(23)13-26-19-10-6-16(7-11-19)22-20(24)15-4-8-18(25-3)9-5-15/h4-11,14,17,21,23H,12-13H2,1-3H3,(H,22,24)/t17-/m1/s1. The molecule has 0 aliphatic rings. The number of anilines is 1. The molecule has 0 aliphatic heterocycles. The van der Waals surface area contributed by atoms with E-state index in [1.165, 1.54) is 0 Å². The van der Waals surface area contributed by atoms with E-state index in [1.807, 2.05) is 13.8 Å². The van der Waals surface area contributed by atoms with Crippen LogP contribution in [-0.4, -0.2) is 43.4 Å². The SMILES string of the molecule is COc1ccc(C(=O)Nc2ccc(OC[C@H](O)CNC(C)C)cc2)cc1. The van der Waals surface area contributed by atoms with Crippen molar-refractivity contribution in [3.8, 4) is 11.5 Å². The molecule has 0 saturated carbocycles. The average molecular weight is 358 g/mol. The Hall–Kier alpha value is -2.57. The van der Waals surface area contributed by atoms with Crippen LogP contribution in [0.5, 0.6) is 11.5 Å². The quantitative estimate of drug-likeness (QED) is 0.642. The van der Waals surface area contributed by atoms with E-state index >= 15 is 0 Å². The average Bonchev–Trinajstić information content (AvgIpc) is 2.65. The second-order valence-electron chi connectivity index (χ2n) is 6.23. The minimum atomic E-state index is -0.577. The summed E-state index contributed by atoms with van der Waals surface area (Å²) in [5.41, 5.74) is 1.21. The number of rotatable bonds is 9. The number of ether oxygens (including phenoxy) is 2. The first kappa shape index (κ1) is 19.8. The van der Waals surface area contributed by atoms with Crippen molar-refractivity contribution in [1.29, 1.82) is 0 Å². The van der Waals surface area contributed by atoms with Crippen molar-refractivity contribution in [2.24, 2.45) is 0 Å². The van der Waals surface area contributed by atoms with Gasteiger partial charge in [-0.1, -0.05) is 13.8 Å². The first-order valence-electron chi connectivity index (χ1n) is 8.57. The molecule has 0 radical (unpaired) electrons. The third-order valence-electron chi connectivity index (χ3n) is 3.67. The van der Waals surface area contributed by atoms with Gasteiger partial charge >= 0.3 is 0 Å². The topological polar surface area (TPSA) is 79.8 Å². The summed E-state index contributed by atoms with van der Waals surface area (Å²) in [4.78, 5) is 12.2. The molecule has 1 atom stereocenters. The molecule has 2 aromatic carbocycles. The van der Waals surface area contributed by atoms with E-state index in [1.54, 1.807) is 55.6 Å². The Morgan fingerprint density at radius 2 is 1.65 bits per heavy atom. The van der Waals surface area contributed by atoms with Gasteiger partial charge < -0.3 is 25.2 Å². The number of benzene rings is 2. The maximum atomic E-state index is 12.2. The highest BCUT2D eigenvalue weighted by Crippen LogP contribution is 2.17. The Labute approximate surface area is 154 Å². The van der Waals surface area contributed by atoms with Gasteiger partial charge in [0.25, 0.3) is 5.91 Å². The van der Waals surface area contributed by atoms with Crippen molar-refractivity contribution in [1.82, 2.24) is 5.32 Å². The Balaban J connectivity index is 1.83. The molecule has 6 heteroatoms. The van der Waals surface area contributed by atoms with Crippen LogP contribution in [0.3, 0.4) is 0 Å². The number of carbonyl (C=O) groups excluding carboxylic acids is 1. The number of aliphatic hydroxyl groups is 1. The molecule has 0 aromatic heterocycles. The van der Waals surface area contributed by atoms with Gasteiger partial charge in [0.15, 0.2) is 0 Å². The summed E-state index contributed by atoms with van der Waals surface area (Å²) >= 11 is 0. The van der Waals surface area contributed by atoms with Gasteiger partial charge in [-0.2, -0.15) is 0 Å². The van der Waals surface area contributed by atoms with Crippen LogP contribution in [0, 0.1) is 0 Å². The molecular formula is C20H26N2O4.